The van der Waals surface area contributed by atoms with Crippen molar-refractivity contribution in [3.05, 3.63) is 50.8 Å². The van der Waals surface area contributed by atoms with Gasteiger partial charge in [0.1, 0.15) is 12.3 Å². The van der Waals surface area contributed by atoms with Crippen LogP contribution in [0, 0.1) is 0 Å². The van der Waals surface area contributed by atoms with E-state index in [9.17, 15) is 14.4 Å². The van der Waals surface area contributed by atoms with E-state index in [4.69, 9.17) is 37.4 Å². The number of nitrogens with one attached hydrogen (secondary N) is 1. The lowest BCUT2D eigenvalue weighted by Gasteiger charge is -2.13. The molecule has 0 unspecified atom stereocenters. The van der Waals surface area contributed by atoms with Crippen molar-refractivity contribution in [2.24, 2.45) is 0 Å². The number of thioether (sulfide) groups is 1. The molecule has 0 radical (unpaired) electrons. The van der Waals surface area contributed by atoms with Gasteiger partial charge in [0.2, 0.25) is 5.91 Å². The largest absolute Gasteiger partial charge is 0.495 e. The van der Waals surface area contributed by atoms with E-state index in [1.807, 2.05) is 0 Å². The van der Waals surface area contributed by atoms with E-state index in [1.54, 1.807) is 24.3 Å². The van der Waals surface area contributed by atoms with Crippen LogP contribution in [0.4, 0.5) is 10.5 Å². The Hall–Kier alpha value is -2.88. The molecule has 2 aromatic carbocycles. The Kier molecular flexibility index (Phi) is 7.55. The van der Waals surface area contributed by atoms with E-state index >= 15 is 0 Å². The smallest absolute Gasteiger partial charge is 0.294 e. The van der Waals surface area contributed by atoms with E-state index in [0.717, 1.165) is 16.7 Å². The summed E-state index contributed by atoms with van der Waals surface area (Å²) in [4.78, 5) is 38.5. The summed E-state index contributed by atoms with van der Waals surface area (Å²) in [5.41, 5.74) is 0.943. The summed E-state index contributed by atoms with van der Waals surface area (Å²) in [6.45, 7) is -0.446. The van der Waals surface area contributed by atoms with Crippen LogP contribution in [0.25, 0.3) is 6.08 Å². The molecule has 1 fully saturated rings. The van der Waals surface area contributed by atoms with Gasteiger partial charge in [-0.1, -0.05) is 23.2 Å². The summed E-state index contributed by atoms with van der Waals surface area (Å²) >= 11 is 13.0. The topological polar surface area (TPSA) is 94.2 Å². The van der Waals surface area contributed by atoms with E-state index in [2.05, 4.69) is 5.32 Å². The molecule has 0 aromatic heterocycles. The number of hydrogen-bond donors (Lipinski definition) is 1. The molecule has 0 saturated carbocycles. The number of hydrogen-bond acceptors (Lipinski definition) is 7. The quantitative estimate of drug-likeness (QED) is 0.555. The van der Waals surface area contributed by atoms with E-state index in [-0.39, 0.29) is 9.93 Å². The highest BCUT2D eigenvalue weighted by molar-refractivity contribution is 8.18. The second-order valence-electron chi connectivity index (χ2n) is 6.40. The van der Waals surface area contributed by atoms with E-state index in [1.165, 1.54) is 33.5 Å². The van der Waals surface area contributed by atoms with Crippen molar-refractivity contribution in [2.45, 2.75) is 0 Å². The number of ether oxygens (including phenoxy) is 3. The molecule has 0 spiro atoms. The number of anilines is 1. The standard InChI is InChI=1S/C21H18Cl2N2O6S/c1-29-15-5-4-12(9-13(15)22)24-18(26)10-25-20(27)17(32-21(25)28)8-11-6-14(23)19(31-3)16(7-11)30-2/h4-9H,10H2,1-3H3,(H,24,26). The summed E-state index contributed by atoms with van der Waals surface area (Å²) in [5.74, 6) is 0.0477. The van der Waals surface area contributed by atoms with Gasteiger partial charge in [0.25, 0.3) is 11.1 Å². The zero-order chi connectivity index (χ0) is 23.4. The first-order valence-electron chi connectivity index (χ1n) is 9.07. The van der Waals surface area contributed by atoms with Gasteiger partial charge < -0.3 is 19.5 Å². The predicted octanol–water partition coefficient (Wildman–Crippen LogP) is 4.69. The van der Waals surface area contributed by atoms with Crippen molar-refractivity contribution in [1.82, 2.24) is 4.90 Å². The van der Waals surface area contributed by atoms with Gasteiger partial charge >= 0.3 is 0 Å². The van der Waals surface area contributed by atoms with Gasteiger partial charge in [-0.05, 0) is 53.7 Å². The predicted molar refractivity (Wildman–Crippen MR) is 124 cm³/mol. The maximum Gasteiger partial charge on any atom is 0.294 e. The molecule has 11 heteroatoms. The molecule has 168 valence electrons. The zero-order valence-corrected chi connectivity index (χ0v) is 19.6. The number of benzene rings is 2. The highest BCUT2D eigenvalue weighted by Crippen LogP contribution is 2.38. The lowest BCUT2D eigenvalue weighted by atomic mass is 10.2. The summed E-state index contributed by atoms with van der Waals surface area (Å²) in [7, 11) is 4.39. The van der Waals surface area contributed by atoms with Crippen LogP contribution < -0.4 is 19.5 Å². The molecule has 32 heavy (non-hydrogen) atoms. The van der Waals surface area contributed by atoms with Crippen LogP contribution in [0.1, 0.15) is 5.56 Å². The Bertz CT molecular complexity index is 1120. The summed E-state index contributed by atoms with van der Waals surface area (Å²) in [6, 6.07) is 7.90. The Morgan fingerprint density at radius 3 is 2.38 bits per heavy atom. The molecule has 0 aliphatic carbocycles. The first-order chi connectivity index (χ1) is 15.3. The van der Waals surface area contributed by atoms with Crippen LogP contribution in [-0.4, -0.2) is 49.8 Å². The van der Waals surface area contributed by atoms with Gasteiger partial charge in [0.05, 0.1) is 36.3 Å². The number of rotatable bonds is 7. The van der Waals surface area contributed by atoms with Crippen molar-refractivity contribution in [3.8, 4) is 17.2 Å². The van der Waals surface area contributed by atoms with E-state index < -0.39 is 23.6 Å². The first-order valence-corrected chi connectivity index (χ1v) is 10.6. The van der Waals surface area contributed by atoms with Crippen LogP contribution in [0.2, 0.25) is 10.0 Å². The molecule has 1 aliphatic rings. The van der Waals surface area contributed by atoms with Crippen LogP contribution in [0.5, 0.6) is 17.2 Å². The lowest BCUT2D eigenvalue weighted by molar-refractivity contribution is -0.127. The lowest BCUT2D eigenvalue weighted by Crippen LogP contribution is -2.36. The molecule has 3 amide bonds. The number of halogens is 2. The van der Waals surface area contributed by atoms with Gasteiger partial charge in [-0.15, -0.1) is 0 Å². The third-order valence-electron chi connectivity index (χ3n) is 4.36. The number of amides is 3. The first kappa shape index (κ1) is 23.8. The monoisotopic (exact) mass is 496 g/mol. The Morgan fingerprint density at radius 1 is 1.03 bits per heavy atom. The van der Waals surface area contributed by atoms with E-state index in [0.29, 0.717) is 33.5 Å². The number of carbonyl (C=O) groups excluding carboxylic acids is 3. The minimum Gasteiger partial charge on any atom is -0.495 e. The fourth-order valence-electron chi connectivity index (χ4n) is 2.90. The molecule has 0 bridgehead atoms. The van der Waals surface area contributed by atoms with Crippen LogP contribution in [0.3, 0.4) is 0 Å². The third kappa shape index (κ3) is 5.12. The van der Waals surface area contributed by atoms with Gasteiger partial charge in [0.15, 0.2) is 11.5 Å². The van der Waals surface area contributed by atoms with Crippen molar-refractivity contribution in [1.29, 1.82) is 0 Å². The van der Waals surface area contributed by atoms with Crippen LogP contribution in [0.15, 0.2) is 35.2 Å². The average molecular weight is 497 g/mol. The molecule has 1 heterocycles. The fourth-order valence-corrected chi connectivity index (χ4v) is 4.29. The minimum absolute atomic E-state index is 0.151. The number of methoxy groups -OCH3 is 3. The number of imide groups is 1. The van der Waals surface area contributed by atoms with Crippen molar-refractivity contribution < 1.29 is 28.6 Å². The summed E-state index contributed by atoms with van der Waals surface area (Å²) in [6.07, 6.45) is 1.50. The molecule has 1 N–H and O–H groups in total. The molecule has 0 atom stereocenters. The van der Waals surface area contributed by atoms with Crippen LogP contribution >= 0.6 is 35.0 Å². The minimum atomic E-state index is -0.589. The molecule has 8 nitrogen and oxygen atoms in total. The van der Waals surface area contributed by atoms with Crippen molar-refractivity contribution in [3.63, 3.8) is 0 Å². The van der Waals surface area contributed by atoms with Crippen molar-refractivity contribution in [2.75, 3.05) is 33.2 Å². The SMILES string of the molecule is COc1ccc(NC(=O)CN2C(=O)SC(=Cc3cc(Cl)c(OC)c(OC)c3)C2=O)cc1Cl. The molecule has 1 aliphatic heterocycles. The van der Waals surface area contributed by atoms with Gasteiger partial charge in [-0.3, -0.25) is 19.3 Å². The molecular weight excluding hydrogens is 479 g/mol. The van der Waals surface area contributed by atoms with Gasteiger partial charge in [-0.25, -0.2) is 0 Å². The molecule has 1 saturated heterocycles. The number of nitrogens with zero attached hydrogens (tertiary/aromatic N) is 1. The average Bonchev–Trinajstić information content (AvgIpc) is 3.00. The highest BCUT2D eigenvalue weighted by atomic mass is 35.5. The Labute approximate surface area is 198 Å². The van der Waals surface area contributed by atoms with Crippen molar-refractivity contribution >= 4 is 63.8 Å². The number of carbonyl (C=O) groups is 3. The Balaban J connectivity index is 1.74. The molecular formula is C21H18Cl2N2O6S. The molecule has 2 aromatic rings. The summed E-state index contributed by atoms with van der Waals surface area (Å²) < 4.78 is 15.5. The normalized spacial score (nSPS) is 14.7. The second kappa shape index (κ2) is 10.2. The highest BCUT2D eigenvalue weighted by Gasteiger charge is 2.36. The molecule has 3 rings (SSSR count). The zero-order valence-electron chi connectivity index (χ0n) is 17.2. The van der Waals surface area contributed by atoms with Gasteiger partial charge in [0, 0.05) is 5.69 Å². The fraction of sp³-hybridized carbons (Fsp3) is 0.190. The second-order valence-corrected chi connectivity index (χ2v) is 8.21. The van der Waals surface area contributed by atoms with Crippen LogP contribution in [-0.2, 0) is 9.59 Å². The third-order valence-corrected chi connectivity index (χ3v) is 5.85. The summed E-state index contributed by atoms with van der Waals surface area (Å²) in [5, 5.41) is 2.64. The Morgan fingerprint density at radius 2 is 1.75 bits per heavy atom. The maximum absolute atomic E-state index is 12.7. The van der Waals surface area contributed by atoms with Gasteiger partial charge in [-0.2, -0.15) is 0 Å². The maximum atomic E-state index is 12.7.